The van der Waals surface area contributed by atoms with E-state index in [1.165, 1.54) is 6.07 Å². The molecule has 1 rings (SSSR count). The smallest absolute Gasteiger partial charge is 0.295 e. The van der Waals surface area contributed by atoms with Crippen molar-refractivity contribution in [3.05, 3.63) is 33.1 Å². The van der Waals surface area contributed by atoms with Crippen molar-refractivity contribution in [1.29, 1.82) is 0 Å². The van der Waals surface area contributed by atoms with E-state index in [9.17, 15) is 14.5 Å². The molecule has 0 aliphatic rings. The predicted molar refractivity (Wildman–Crippen MR) is 62.8 cm³/mol. The summed E-state index contributed by atoms with van der Waals surface area (Å²) in [5, 5.41) is 22.1. The zero-order valence-corrected chi connectivity index (χ0v) is 9.87. The van der Waals surface area contributed by atoms with Crippen molar-refractivity contribution in [2.45, 2.75) is 6.92 Å². The maximum Gasteiger partial charge on any atom is 0.295 e. The van der Waals surface area contributed by atoms with Crippen molar-refractivity contribution in [1.82, 2.24) is 0 Å². The van der Waals surface area contributed by atoms with Gasteiger partial charge >= 0.3 is 0 Å². The Labute approximate surface area is 102 Å². The molecule has 0 saturated heterocycles. The fraction of sp³-hybridized carbons (Fsp3) is 0.400. The van der Waals surface area contributed by atoms with Gasteiger partial charge in [0.15, 0.2) is 0 Å². The van der Waals surface area contributed by atoms with Crippen LogP contribution in [0.5, 0.6) is 0 Å². The quantitative estimate of drug-likeness (QED) is 0.631. The van der Waals surface area contributed by atoms with E-state index in [1.54, 1.807) is 6.92 Å². The summed E-state index contributed by atoms with van der Waals surface area (Å²) in [5.74, 6) is -0.905. The first kappa shape index (κ1) is 13.7. The number of rotatable bonds is 5. The first-order chi connectivity index (χ1) is 7.95. The van der Waals surface area contributed by atoms with Crippen LogP contribution in [0.15, 0.2) is 12.1 Å². The first-order valence-corrected chi connectivity index (χ1v) is 5.31. The van der Waals surface area contributed by atoms with Gasteiger partial charge in [-0.1, -0.05) is 18.5 Å². The summed E-state index contributed by atoms with van der Waals surface area (Å²) >= 11 is 5.55. The van der Waals surface area contributed by atoms with Crippen LogP contribution in [0.1, 0.15) is 6.92 Å². The highest BCUT2D eigenvalue weighted by Gasteiger charge is 2.17. The van der Waals surface area contributed by atoms with Crippen LogP contribution in [0.3, 0.4) is 0 Å². The second-order valence-corrected chi connectivity index (χ2v) is 4.12. The van der Waals surface area contributed by atoms with Gasteiger partial charge in [0.25, 0.3) is 5.69 Å². The lowest BCUT2D eigenvalue weighted by Crippen LogP contribution is -2.15. The molecule has 94 valence electrons. The van der Waals surface area contributed by atoms with Gasteiger partial charge < -0.3 is 10.4 Å². The highest BCUT2D eigenvalue weighted by Crippen LogP contribution is 2.30. The van der Waals surface area contributed by atoms with Gasteiger partial charge in [-0.2, -0.15) is 0 Å². The van der Waals surface area contributed by atoms with E-state index in [0.717, 1.165) is 6.07 Å². The van der Waals surface area contributed by atoms with E-state index in [2.05, 4.69) is 5.32 Å². The van der Waals surface area contributed by atoms with Gasteiger partial charge in [-0.15, -0.1) is 0 Å². The lowest BCUT2D eigenvalue weighted by molar-refractivity contribution is -0.384. The number of benzene rings is 1. The maximum absolute atomic E-state index is 13.1. The Morgan fingerprint density at radius 2 is 2.29 bits per heavy atom. The summed E-state index contributed by atoms with van der Waals surface area (Å²) in [4.78, 5) is 10.0. The van der Waals surface area contributed by atoms with E-state index >= 15 is 0 Å². The molecule has 5 nitrogen and oxygen atoms in total. The van der Waals surface area contributed by atoms with Gasteiger partial charge in [-0.25, -0.2) is 4.39 Å². The second-order valence-electron chi connectivity index (χ2n) is 3.71. The number of anilines is 1. The molecule has 1 aromatic carbocycles. The average molecular weight is 263 g/mol. The number of nitrogens with one attached hydrogen (secondary N) is 1. The minimum absolute atomic E-state index is 0.0459. The lowest BCUT2D eigenvalue weighted by atomic mass is 10.2. The molecule has 0 aliphatic heterocycles. The molecule has 0 aliphatic carbocycles. The van der Waals surface area contributed by atoms with Crippen LogP contribution in [0.2, 0.25) is 5.02 Å². The summed E-state index contributed by atoms with van der Waals surface area (Å²) < 4.78 is 13.1. The topological polar surface area (TPSA) is 75.4 Å². The fourth-order valence-electron chi connectivity index (χ4n) is 1.18. The largest absolute Gasteiger partial charge is 0.396 e. The Hall–Kier alpha value is -1.40. The average Bonchev–Trinajstić information content (AvgIpc) is 2.29. The van der Waals surface area contributed by atoms with Gasteiger partial charge in [0, 0.05) is 13.2 Å². The second kappa shape index (κ2) is 5.79. The number of aliphatic hydroxyl groups is 1. The SMILES string of the molecule is CC(CO)CNc1cc(Cl)c(F)cc1[N+](=O)[O-]. The van der Waals surface area contributed by atoms with E-state index in [-0.39, 0.29) is 28.9 Å². The van der Waals surface area contributed by atoms with Crippen LogP contribution in [-0.2, 0) is 0 Å². The monoisotopic (exact) mass is 262 g/mol. The third-order valence-corrected chi connectivity index (χ3v) is 2.48. The van der Waals surface area contributed by atoms with Crippen LogP contribution in [-0.4, -0.2) is 23.2 Å². The highest BCUT2D eigenvalue weighted by molar-refractivity contribution is 6.31. The molecule has 0 saturated carbocycles. The lowest BCUT2D eigenvalue weighted by Gasteiger charge is -2.11. The number of nitro benzene ring substituents is 1. The van der Waals surface area contributed by atoms with Crippen molar-refractivity contribution in [3.63, 3.8) is 0 Å². The molecule has 0 heterocycles. The summed E-state index contributed by atoms with van der Waals surface area (Å²) in [6.45, 7) is 2.05. The Bertz CT molecular complexity index is 428. The molecule has 0 aromatic heterocycles. The van der Waals surface area contributed by atoms with Gasteiger partial charge in [0.1, 0.15) is 11.5 Å². The van der Waals surface area contributed by atoms with Gasteiger partial charge in [0.05, 0.1) is 16.0 Å². The normalized spacial score (nSPS) is 12.2. The number of aliphatic hydroxyl groups excluding tert-OH is 1. The van der Waals surface area contributed by atoms with Crippen LogP contribution >= 0.6 is 11.6 Å². The van der Waals surface area contributed by atoms with E-state index in [1.807, 2.05) is 0 Å². The first-order valence-electron chi connectivity index (χ1n) is 4.94. The standard InChI is InChI=1S/C10H12ClFN2O3/c1-6(5-15)4-13-9-2-7(11)8(12)3-10(9)14(16)17/h2-3,6,13,15H,4-5H2,1H3. The zero-order chi connectivity index (χ0) is 13.0. The number of hydrogen-bond donors (Lipinski definition) is 2. The third kappa shape index (κ3) is 3.54. The van der Waals surface area contributed by atoms with E-state index in [0.29, 0.717) is 6.54 Å². The van der Waals surface area contributed by atoms with Crippen molar-refractivity contribution in [3.8, 4) is 0 Å². The summed E-state index contributed by atoms with van der Waals surface area (Å²) in [6.07, 6.45) is 0. The van der Waals surface area contributed by atoms with Crippen LogP contribution in [0.25, 0.3) is 0 Å². The van der Waals surface area contributed by atoms with Crippen molar-refractivity contribution in [2.75, 3.05) is 18.5 Å². The molecule has 7 heteroatoms. The minimum atomic E-state index is -0.834. The third-order valence-electron chi connectivity index (χ3n) is 2.19. The van der Waals surface area contributed by atoms with Gasteiger partial charge in [-0.3, -0.25) is 10.1 Å². The van der Waals surface area contributed by atoms with E-state index in [4.69, 9.17) is 16.7 Å². The Morgan fingerprint density at radius 1 is 1.65 bits per heavy atom. The Balaban J connectivity index is 2.96. The molecule has 0 radical (unpaired) electrons. The number of nitrogens with zero attached hydrogens (tertiary/aromatic N) is 1. The molecule has 1 atom stereocenters. The van der Waals surface area contributed by atoms with Gasteiger partial charge in [-0.05, 0) is 12.0 Å². The maximum atomic E-state index is 13.1. The van der Waals surface area contributed by atoms with Gasteiger partial charge in [0.2, 0.25) is 0 Å². The molecular weight excluding hydrogens is 251 g/mol. The molecule has 1 unspecified atom stereocenters. The molecule has 17 heavy (non-hydrogen) atoms. The molecule has 0 bridgehead atoms. The number of nitro groups is 1. The minimum Gasteiger partial charge on any atom is -0.396 e. The van der Waals surface area contributed by atoms with E-state index < -0.39 is 10.7 Å². The van der Waals surface area contributed by atoms with Crippen LogP contribution in [0, 0.1) is 21.8 Å². The molecule has 0 spiro atoms. The summed E-state index contributed by atoms with van der Waals surface area (Å²) in [6, 6.07) is 1.94. The van der Waals surface area contributed by atoms with Crippen molar-refractivity contribution in [2.24, 2.45) is 5.92 Å². The van der Waals surface area contributed by atoms with Crippen LogP contribution in [0.4, 0.5) is 15.8 Å². The molecular formula is C10H12ClFN2O3. The van der Waals surface area contributed by atoms with Crippen molar-refractivity contribution < 1.29 is 14.4 Å². The highest BCUT2D eigenvalue weighted by atomic mass is 35.5. The molecule has 2 N–H and O–H groups in total. The molecule has 0 fully saturated rings. The zero-order valence-electron chi connectivity index (χ0n) is 9.11. The number of halogens is 2. The summed E-state index contributed by atoms with van der Waals surface area (Å²) in [5.41, 5.74) is -0.237. The predicted octanol–water partition coefficient (Wildman–Crippen LogP) is 2.43. The number of hydrogen-bond acceptors (Lipinski definition) is 4. The van der Waals surface area contributed by atoms with Crippen molar-refractivity contribution >= 4 is 23.0 Å². The van der Waals surface area contributed by atoms with Crippen LogP contribution < -0.4 is 5.32 Å². The summed E-state index contributed by atoms with van der Waals surface area (Å²) in [7, 11) is 0. The fourth-order valence-corrected chi connectivity index (χ4v) is 1.34. The Morgan fingerprint density at radius 3 is 2.82 bits per heavy atom. The molecule has 0 amide bonds. The molecule has 1 aromatic rings. The Kier molecular flexibility index (Phi) is 4.65.